The number of fused-ring (bicyclic) bond motifs is 1. The van der Waals surface area contributed by atoms with Crippen LogP contribution in [-0.2, 0) is 17.8 Å². The van der Waals surface area contributed by atoms with Crippen LogP contribution < -0.4 is 11.1 Å². The smallest absolute Gasteiger partial charge is 0.251 e. The van der Waals surface area contributed by atoms with Crippen LogP contribution in [0.25, 0.3) is 6.08 Å². The number of amides is 2. The van der Waals surface area contributed by atoms with Crippen molar-refractivity contribution in [3.63, 3.8) is 0 Å². The number of hydrogen-bond donors (Lipinski definition) is 2. The molecule has 0 fully saturated rings. The number of anilines is 1. The summed E-state index contributed by atoms with van der Waals surface area (Å²) in [5.74, 6) is -0.733. The summed E-state index contributed by atoms with van der Waals surface area (Å²) in [6, 6.07) is 4.31. The molecule has 0 radical (unpaired) electrons. The summed E-state index contributed by atoms with van der Waals surface area (Å²) in [6.45, 7) is 6.00. The average molecular weight is 376 g/mol. The number of nitrogens with two attached hydrogens (primary N) is 1. The molecule has 0 aliphatic carbocycles. The molecule has 2 aromatic heterocycles. The minimum Gasteiger partial charge on any atom is -0.365 e. The van der Waals surface area contributed by atoms with Crippen LogP contribution >= 0.6 is 22.7 Å². The lowest BCUT2D eigenvalue weighted by atomic mass is 10.0. The fourth-order valence-corrected chi connectivity index (χ4v) is 4.81. The molecule has 25 heavy (non-hydrogen) atoms. The first-order chi connectivity index (χ1) is 12.0. The average Bonchev–Trinajstić information content (AvgIpc) is 3.19. The molecule has 7 heteroatoms. The molecule has 2 aromatic rings. The zero-order chi connectivity index (χ0) is 18.0. The zero-order valence-corrected chi connectivity index (χ0v) is 15.9. The van der Waals surface area contributed by atoms with Crippen molar-refractivity contribution in [3.05, 3.63) is 44.5 Å². The maximum Gasteiger partial charge on any atom is 0.251 e. The molecular weight excluding hydrogens is 354 g/mol. The Morgan fingerprint density at radius 2 is 2.20 bits per heavy atom. The first kappa shape index (κ1) is 17.8. The third kappa shape index (κ3) is 4.00. The Morgan fingerprint density at radius 1 is 1.40 bits per heavy atom. The highest BCUT2D eigenvalue weighted by atomic mass is 32.1. The summed E-state index contributed by atoms with van der Waals surface area (Å²) >= 11 is 3.02. The van der Waals surface area contributed by atoms with Gasteiger partial charge < -0.3 is 11.1 Å². The maximum absolute atomic E-state index is 12.2. The summed E-state index contributed by atoms with van der Waals surface area (Å²) in [6.07, 6.45) is 4.02. The van der Waals surface area contributed by atoms with E-state index in [9.17, 15) is 9.59 Å². The minimum absolute atomic E-state index is 0.254. The Morgan fingerprint density at radius 3 is 2.84 bits per heavy atom. The molecule has 0 saturated heterocycles. The van der Waals surface area contributed by atoms with Crippen LogP contribution in [0.2, 0.25) is 0 Å². The van der Waals surface area contributed by atoms with Crippen molar-refractivity contribution in [1.29, 1.82) is 0 Å². The quantitative estimate of drug-likeness (QED) is 0.787. The fraction of sp³-hybridized carbons (Fsp3) is 0.333. The van der Waals surface area contributed by atoms with Gasteiger partial charge in [-0.15, -0.1) is 22.7 Å². The van der Waals surface area contributed by atoms with E-state index >= 15 is 0 Å². The van der Waals surface area contributed by atoms with Gasteiger partial charge in [0, 0.05) is 35.0 Å². The van der Waals surface area contributed by atoms with E-state index in [0.717, 1.165) is 34.8 Å². The third-order valence-corrected chi connectivity index (χ3v) is 6.21. The second kappa shape index (κ2) is 7.51. The molecule has 0 aromatic carbocycles. The number of hydrogen-bond acceptors (Lipinski definition) is 5. The van der Waals surface area contributed by atoms with Crippen LogP contribution in [0, 0.1) is 0 Å². The van der Waals surface area contributed by atoms with Crippen molar-refractivity contribution in [2.24, 2.45) is 5.73 Å². The molecule has 3 heterocycles. The van der Waals surface area contributed by atoms with E-state index < -0.39 is 5.91 Å². The van der Waals surface area contributed by atoms with Gasteiger partial charge in [0.05, 0.1) is 5.56 Å². The molecule has 5 nitrogen and oxygen atoms in total. The van der Waals surface area contributed by atoms with Gasteiger partial charge in [-0.3, -0.25) is 14.5 Å². The largest absolute Gasteiger partial charge is 0.365 e. The first-order valence-electron chi connectivity index (χ1n) is 8.16. The minimum atomic E-state index is -0.479. The van der Waals surface area contributed by atoms with Crippen molar-refractivity contribution >= 4 is 45.6 Å². The van der Waals surface area contributed by atoms with Crippen molar-refractivity contribution < 1.29 is 9.59 Å². The summed E-state index contributed by atoms with van der Waals surface area (Å²) in [7, 11) is 0. The highest BCUT2D eigenvalue weighted by molar-refractivity contribution is 7.17. The van der Waals surface area contributed by atoms with Crippen LogP contribution in [0.3, 0.4) is 0 Å². The summed E-state index contributed by atoms with van der Waals surface area (Å²) in [4.78, 5) is 28.6. The fourth-order valence-electron chi connectivity index (χ4n) is 2.91. The second-order valence-electron chi connectivity index (χ2n) is 6.22. The van der Waals surface area contributed by atoms with Gasteiger partial charge in [-0.05, 0) is 43.4 Å². The second-order valence-corrected chi connectivity index (χ2v) is 8.31. The van der Waals surface area contributed by atoms with E-state index in [1.54, 1.807) is 17.4 Å². The Kier molecular flexibility index (Phi) is 5.36. The predicted molar refractivity (Wildman–Crippen MR) is 104 cm³/mol. The van der Waals surface area contributed by atoms with Gasteiger partial charge in [0.25, 0.3) is 5.91 Å². The van der Waals surface area contributed by atoms with Gasteiger partial charge in [0.15, 0.2) is 0 Å². The molecular formula is C18H21N3O2S2. The van der Waals surface area contributed by atoms with Crippen LogP contribution in [0.4, 0.5) is 5.00 Å². The van der Waals surface area contributed by atoms with Crippen LogP contribution in [0.15, 0.2) is 23.6 Å². The van der Waals surface area contributed by atoms with Crippen LogP contribution in [0.5, 0.6) is 0 Å². The lowest BCUT2D eigenvalue weighted by Crippen LogP contribution is -2.35. The van der Waals surface area contributed by atoms with E-state index in [1.165, 1.54) is 17.4 Å². The number of primary amides is 1. The van der Waals surface area contributed by atoms with E-state index in [4.69, 9.17) is 5.73 Å². The molecule has 3 N–H and O–H groups in total. The van der Waals surface area contributed by atoms with Crippen molar-refractivity contribution in [1.82, 2.24) is 4.90 Å². The van der Waals surface area contributed by atoms with Crippen LogP contribution in [0.1, 0.15) is 39.5 Å². The van der Waals surface area contributed by atoms with Gasteiger partial charge in [-0.25, -0.2) is 0 Å². The highest BCUT2D eigenvalue weighted by Gasteiger charge is 2.28. The zero-order valence-electron chi connectivity index (χ0n) is 14.2. The van der Waals surface area contributed by atoms with Gasteiger partial charge in [0.2, 0.25) is 5.91 Å². The molecule has 132 valence electrons. The normalized spacial score (nSPS) is 14.8. The lowest BCUT2D eigenvalue weighted by molar-refractivity contribution is -0.111. The standard InChI is InChI=1S/C18H21N3O2S2/c1-11(2)21-8-7-13-14(10-21)25-18(16(13)17(19)23)20-15(22)6-5-12-4-3-9-24-12/h3-6,9,11H,7-8,10H2,1-2H3,(H2,19,23)(H,20,22)/b6-5+. The predicted octanol–water partition coefficient (Wildman–Crippen LogP) is 3.33. The number of thiophene rings is 2. The Balaban J connectivity index is 1.81. The van der Waals surface area contributed by atoms with E-state index in [0.29, 0.717) is 16.6 Å². The van der Waals surface area contributed by atoms with E-state index in [1.807, 2.05) is 17.5 Å². The lowest BCUT2D eigenvalue weighted by Gasteiger charge is -2.30. The number of carbonyl (C=O) groups excluding carboxylic acids is 2. The first-order valence-corrected chi connectivity index (χ1v) is 9.86. The van der Waals surface area contributed by atoms with E-state index in [2.05, 4.69) is 24.1 Å². The molecule has 0 bridgehead atoms. The molecule has 2 amide bonds. The number of nitrogens with one attached hydrogen (secondary N) is 1. The van der Waals surface area contributed by atoms with Crippen molar-refractivity contribution in [3.8, 4) is 0 Å². The summed E-state index contributed by atoms with van der Waals surface area (Å²) in [5.41, 5.74) is 7.06. The Bertz CT molecular complexity index is 807. The van der Waals surface area contributed by atoms with Crippen LogP contribution in [-0.4, -0.2) is 29.3 Å². The van der Waals surface area contributed by atoms with Gasteiger partial charge in [-0.2, -0.15) is 0 Å². The monoisotopic (exact) mass is 375 g/mol. The van der Waals surface area contributed by atoms with Gasteiger partial charge >= 0.3 is 0 Å². The molecule has 0 unspecified atom stereocenters. The molecule has 0 saturated carbocycles. The van der Waals surface area contributed by atoms with E-state index in [-0.39, 0.29) is 5.91 Å². The molecule has 0 spiro atoms. The summed E-state index contributed by atoms with van der Waals surface area (Å²) < 4.78 is 0. The van der Waals surface area contributed by atoms with Gasteiger partial charge in [0.1, 0.15) is 5.00 Å². The molecule has 1 aliphatic heterocycles. The van der Waals surface area contributed by atoms with Gasteiger partial charge in [-0.1, -0.05) is 6.07 Å². The number of rotatable bonds is 5. The number of nitrogens with zero attached hydrogens (tertiary/aromatic N) is 1. The van der Waals surface area contributed by atoms with Crippen molar-refractivity contribution in [2.75, 3.05) is 11.9 Å². The highest BCUT2D eigenvalue weighted by Crippen LogP contribution is 2.37. The molecule has 3 rings (SSSR count). The Labute approximate surface area is 155 Å². The summed E-state index contributed by atoms with van der Waals surface area (Å²) in [5, 5.41) is 5.35. The van der Waals surface area contributed by atoms with Crippen molar-refractivity contribution in [2.45, 2.75) is 32.9 Å². The molecule has 0 atom stereocenters. The maximum atomic E-state index is 12.2. The Hall–Kier alpha value is -1.96. The SMILES string of the molecule is CC(C)N1CCc2c(sc(NC(=O)/C=C/c3cccs3)c2C(N)=O)C1. The topological polar surface area (TPSA) is 75.4 Å². The number of carbonyl (C=O) groups is 2. The third-order valence-electron chi connectivity index (χ3n) is 4.24. The molecule has 1 aliphatic rings.